The molecule has 1 aromatic heterocycles. The Labute approximate surface area is 112 Å². The van der Waals surface area contributed by atoms with Gasteiger partial charge in [0.1, 0.15) is 0 Å². The molecule has 102 valence electrons. The van der Waals surface area contributed by atoms with Gasteiger partial charge in [0.25, 0.3) is 0 Å². The summed E-state index contributed by atoms with van der Waals surface area (Å²) in [6.07, 6.45) is 7.68. The van der Waals surface area contributed by atoms with Crippen molar-refractivity contribution in [3.63, 3.8) is 0 Å². The van der Waals surface area contributed by atoms with E-state index in [2.05, 4.69) is 42.6 Å². The van der Waals surface area contributed by atoms with Crippen LogP contribution in [0.4, 0.5) is 5.95 Å². The molecule has 0 aromatic carbocycles. The van der Waals surface area contributed by atoms with E-state index in [1.807, 2.05) is 12.3 Å². The van der Waals surface area contributed by atoms with Crippen molar-refractivity contribution < 1.29 is 0 Å². The minimum Gasteiger partial charge on any atom is -0.338 e. The molecule has 0 saturated carbocycles. The van der Waals surface area contributed by atoms with Crippen molar-refractivity contribution >= 4 is 5.95 Å². The molecule has 1 aromatic rings. The Morgan fingerprint density at radius 3 is 2.61 bits per heavy atom. The van der Waals surface area contributed by atoms with Crippen LogP contribution in [0.2, 0.25) is 0 Å². The van der Waals surface area contributed by atoms with Crippen molar-refractivity contribution in [2.75, 3.05) is 11.4 Å². The number of unbranched alkanes of at least 4 members (excludes halogenated alkanes) is 1. The van der Waals surface area contributed by atoms with Crippen LogP contribution < -0.4 is 4.90 Å². The summed E-state index contributed by atoms with van der Waals surface area (Å²) in [6, 6.07) is 2.53. The van der Waals surface area contributed by atoms with Crippen LogP contribution in [0.5, 0.6) is 0 Å². The van der Waals surface area contributed by atoms with Gasteiger partial charge < -0.3 is 4.90 Å². The molecule has 0 saturated heterocycles. The largest absolute Gasteiger partial charge is 0.338 e. The fourth-order valence-corrected chi connectivity index (χ4v) is 2.14. The first-order valence-electron chi connectivity index (χ1n) is 7.31. The molecule has 0 aliphatic carbocycles. The fourth-order valence-electron chi connectivity index (χ4n) is 2.14. The molecule has 18 heavy (non-hydrogen) atoms. The van der Waals surface area contributed by atoms with Crippen molar-refractivity contribution in [2.24, 2.45) is 0 Å². The molecule has 3 nitrogen and oxygen atoms in total. The van der Waals surface area contributed by atoms with Gasteiger partial charge in [-0.2, -0.15) is 0 Å². The molecule has 1 unspecified atom stereocenters. The third kappa shape index (κ3) is 4.28. The highest BCUT2D eigenvalue weighted by Crippen LogP contribution is 2.16. The zero-order valence-electron chi connectivity index (χ0n) is 12.3. The van der Waals surface area contributed by atoms with E-state index >= 15 is 0 Å². The zero-order chi connectivity index (χ0) is 13.4. The lowest BCUT2D eigenvalue weighted by molar-refractivity contribution is 0.554. The Hall–Kier alpha value is -1.12. The smallest absolute Gasteiger partial charge is 0.225 e. The van der Waals surface area contributed by atoms with E-state index < -0.39 is 0 Å². The van der Waals surface area contributed by atoms with Gasteiger partial charge in [0.05, 0.1) is 0 Å². The van der Waals surface area contributed by atoms with Gasteiger partial charge in [-0.15, -0.1) is 0 Å². The second-order valence-electron chi connectivity index (χ2n) is 4.89. The first kappa shape index (κ1) is 14.9. The second kappa shape index (κ2) is 8.06. The van der Waals surface area contributed by atoms with Crippen LogP contribution >= 0.6 is 0 Å². The van der Waals surface area contributed by atoms with Crippen molar-refractivity contribution in [3.05, 3.63) is 18.0 Å². The van der Waals surface area contributed by atoms with E-state index in [0.29, 0.717) is 6.04 Å². The molecule has 3 heteroatoms. The summed E-state index contributed by atoms with van der Waals surface area (Å²) in [5.41, 5.74) is 1.13. The maximum Gasteiger partial charge on any atom is 0.225 e. The SMILES string of the molecule is CCCCN(c1nccc(CC)n1)C(C)CCC. The Morgan fingerprint density at radius 1 is 1.22 bits per heavy atom. The lowest BCUT2D eigenvalue weighted by atomic mass is 10.1. The standard InChI is InChI=1S/C15H27N3/c1-5-8-12-18(13(4)9-6-2)15-16-11-10-14(7-3)17-15/h10-11,13H,5-9,12H2,1-4H3. The second-order valence-corrected chi connectivity index (χ2v) is 4.89. The minimum atomic E-state index is 0.522. The number of anilines is 1. The Morgan fingerprint density at radius 2 is 2.00 bits per heavy atom. The Bertz CT molecular complexity index is 338. The summed E-state index contributed by atoms with van der Waals surface area (Å²) < 4.78 is 0. The van der Waals surface area contributed by atoms with Gasteiger partial charge in [0, 0.05) is 24.5 Å². The van der Waals surface area contributed by atoms with Crippen LogP contribution in [0.1, 0.15) is 59.1 Å². The quantitative estimate of drug-likeness (QED) is 0.701. The fraction of sp³-hybridized carbons (Fsp3) is 0.733. The number of aryl methyl sites for hydroxylation is 1. The molecule has 0 amide bonds. The number of nitrogens with zero attached hydrogens (tertiary/aromatic N) is 3. The molecule has 0 N–H and O–H groups in total. The van der Waals surface area contributed by atoms with Gasteiger partial charge in [-0.1, -0.05) is 33.6 Å². The van der Waals surface area contributed by atoms with Gasteiger partial charge >= 0.3 is 0 Å². The van der Waals surface area contributed by atoms with E-state index in [4.69, 9.17) is 0 Å². The topological polar surface area (TPSA) is 29.0 Å². The summed E-state index contributed by atoms with van der Waals surface area (Å²) >= 11 is 0. The average Bonchev–Trinajstić information content (AvgIpc) is 2.40. The Kier molecular flexibility index (Phi) is 6.69. The zero-order valence-corrected chi connectivity index (χ0v) is 12.3. The highest BCUT2D eigenvalue weighted by atomic mass is 15.3. The van der Waals surface area contributed by atoms with E-state index in [0.717, 1.165) is 24.6 Å². The molecular formula is C15H27N3. The molecule has 0 aliphatic heterocycles. The number of aromatic nitrogens is 2. The first-order valence-corrected chi connectivity index (χ1v) is 7.31. The number of rotatable bonds is 8. The molecular weight excluding hydrogens is 222 g/mol. The molecule has 1 heterocycles. The predicted octanol–water partition coefficient (Wildman–Crippen LogP) is 3.83. The monoisotopic (exact) mass is 249 g/mol. The Balaban J connectivity index is 2.85. The summed E-state index contributed by atoms with van der Waals surface area (Å²) in [5, 5.41) is 0. The van der Waals surface area contributed by atoms with Crippen LogP contribution in [-0.4, -0.2) is 22.6 Å². The summed E-state index contributed by atoms with van der Waals surface area (Å²) in [7, 11) is 0. The normalized spacial score (nSPS) is 12.4. The van der Waals surface area contributed by atoms with Crippen LogP contribution in [0, 0.1) is 0 Å². The van der Waals surface area contributed by atoms with Gasteiger partial charge in [0.15, 0.2) is 0 Å². The van der Waals surface area contributed by atoms with Crippen molar-refractivity contribution in [2.45, 2.75) is 65.8 Å². The molecule has 0 radical (unpaired) electrons. The van der Waals surface area contributed by atoms with Gasteiger partial charge in [-0.25, -0.2) is 9.97 Å². The summed E-state index contributed by atoms with van der Waals surface area (Å²) in [6.45, 7) is 9.94. The maximum absolute atomic E-state index is 4.66. The third-order valence-electron chi connectivity index (χ3n) is 3.31. The average molecular weight is 249 g/mol. The summed E-state index contributed by atoms with van der Waals surface area (Å²) in [4.78, 5) is 11.5. The number of hydrogen-bond acceptors (Lipinski definition) is 3. The lowest BCUT2D eigenvalue weighted by Gasteiger charge is -2.29. The lowest BCUT2D eigenvalue weighted by Crippen LogP contribution is -2.35. The molecule has 0 fully saturated rings. The van der Waals surface area contributed by atoms with Gasteiger partial charge in [-0.3, -0.25) is 0 Å². The van der Waals surface area contributed by atoms with Crippen LogP contribution in [0.25, 0.3) is 0 Å². The van der Waals surface area contributed by atoms with Gasteiger partial charge in [-0.05, 0) is 32.3 Å². The van der Waals surface area contributed by atoms with Crippen LogP contribution in [-0.2, 0) is 6.42 Å². The van der Waals surface area contributed by atoms with E-state index in [9.17, 15) is 0 Å². The van der Waals surface area contributed by atoms with E-state index in [-0.39, 0.29) is 0 Å². The van der Waals surface area contributed by atoms with Crippen molar-refractivity contribution in [3.8, 4) is 0 Å². The summed E-state index contributed by atoms with van der Waals surface area (Å²) in [5.74, 6) is 0.906. The molecule has 0 spiro atoms. The number of hydrogen-bond donors (Lipinski definition) is 0. The highest BCUT2D eigenvalue weighted by Gasteiger charge is 2.15. The maximum atomic E-state index is 4.66. The van der Waals surface area contributed by atoms with Crippen LogP contribution in [0.15, 0.2) is 12.3 Å². The molecule has 0 bridgehead atoms. The predicted molar refractivity (Wildman–Crippen MR) is 78.0 cm³/mol. The highest BCUT2D eigenvalue weighted by molar-refractivity contribution is 5.31. The van der Waals surface area contributed by atoms with Crippen molar-refractivity contribution in [1.82, 2.24) is 9.97 Å². The molecule has 1 rings (SSSR count). The third-order valence-corrected chi connectivity index (χ3v) is 3.31. The minimum absolute atomic E-state index is 0.522. The van der Waals surface area contributed by atoms with Crippen LogP contribution in [0.3, 0.4) is 0 Å². The van der Waals surface area contributed by atoms with E-state index in [1.54, 1.807) is 0 Å². The molecule has 0 aliphatic rings. The van der Waals surface area contributed by atoms with Crippen molar-refractivity contribution in [1.29, 1.82) is 0 Å². The van der Waals surface area contributed by atoms with E-state index in [1.165, 1.54) is 25.7 Å². The molecule has 1 atom stereocenters. The van der Waals surface area contributed by atoms with Gasteiger partial charge in [0.2, 0.25) is 5.95 Å². The first-order chi connectivity index (χ1) is 8.72.